The van der Waals surface area contributed by atoms with Gasteiger partial charge in [-0.2, -0.15) is 0 Å². The van der Waals surface area contributed by atoms with E-state index in [1.165, 1.54) is 24.9 Å². The first-order valence-corrected chi connectivity index (χ1v) is 8.27. The van der Waals surface area contributed by atoms with Crippen LogP contribution >= 0.6 is 0 Å². The number of aliphatic hydroxyl groups is 1. The van der Waals surface area contributed by atoms with E-state index >= 15 is 0 Å². The molecule has 1 fully saturated rings. The molecule has 0 aromatic heterocycles. The minimum absolute atomic E-state index is 0.228. The number of carbonyl (C=O) groups excluding carboxylic acids is 1. The summed E-state index contributed by atoms with van der Waals surface area (Å²) in [5, 5.41) is 15.0. The molecule has 1 aliphatic rings. The molecule has 3 N–H and O–H groups in total. The molecular weight excluding hydrogens is 278 g/mol. The van der Waals surface area contributed by atoms with Gasteiger partial charge in [0.25, 0.3) is 0 Å². The van der Waals surface area contributed by atoms with Crippen LogP contribution in [0.25, 0.3) is 0 Å². The molecule has 1 atom stereocenters. The van der Waals surface area contributed by atoms with Gasteiger partial charge in [0, 0.05) is 31.0 Å². The molecule has 1 aromatic carbocycles. The van der Waals surface area contributed by atoms with E-state index in [1.54, 1.807) is 0 Å². The van der Waals surface area contributed by atoms with E-state index in [0.29, 0.717) is 19.4 Å². The number of amides is 2. The van der Waals surface area contributed by atoms with Gasteiger partial charge in [-0.3, -0.25) is 0 Å². The molecule has 1 heterocycles. The number of aliphatic hydroxyl groups excluding tert-OH is 1. The first kappa shape index (κ1) is 16.6. The van der Waals surface area contributed by atoms with Crippen molar-refractivity contribution in [2.45, 2.75) is 45.1 Å². The Kier molecular flexibility index (Phi) is 6.52. The number of rotatable bonds is 6. The first-order valence-electron chi connectivity index (χ1n) is 8.27. The Balaban J connectivity index is 1.76. The van der Waals surface area contributed by atoms with Crippen LogP contribution in [0.2, 0.25) is 0 Å². The van der Waals surface area contributed by atoms with Gasteiger partial charge in [0.15, 0.2) is 0 Å². The number of urea groups is 1. The molecule has 122 valence electrons. The van der Waals surface area contributed by atoms with E-state index in [9.17, 15) is 9.90 Å². The lowest BCUT2D eigenvalue weighted by Gasteiger charge is -2.28. The van der Waals surface area contributed by atoms with Crippen LogP contribution in [0.1, 0.15) is 39.0 Å². The molecular formula is C17H27N3O2. The van der Waals surface area contributed by atoms with Crippen molar-refractivity contribution >= 4 is 17.4 Å². The minimum atomic E-state index is -0.343. The largest absolute Gasteiger partial charge is 0.393 e. The molecule has 1 saturated heterocycles. The number of hydrogen-bond donors (Lipinski definition) is 3. The summed E-state index contributed by atoms with van der Waals surface area (Å²) in [5.74, 6) is 0. The van der Waals surface area contributed by atoms with Crippen LogP contribution in [0, 0.1) is 0 Å². The fraction of sp³-hybridized carbons (Fsp3) is 0.588. The van der Waals surface area contributed by atoms with Crippen molar-refractivity contribution in [1.29, 1.82) is 0 Å². The average molecular weight is 305 g/mol. The molecule has 0 aliphatic carbocycles. The smallest absolute Gasteiger partial charge is 0.319 e. The predicted octanol–water partition coefficient (Wildman–Crippen LogP) is 2.96. The second kappa shape index (κ2) is 8.63. The topological polar surface area (TPSA) is 64.6 Å². The van der Waals surface area contributed by atoms with Crippen molar-refractivity contribution in [3.05, 3.63) is 24.3 Å². The average Bonchev–Trinajstić information content (AvgIpc) is 2.56. The second-order valence-corrected chi connectivity index (χ2v) is 5.83. The van der Waals surface area contributed by atoms with E-state index in [0.717, 1.165) is 18.8 Å². The molecule has 0 spiro atoms. The third kappa shape index (κ3) is 5.22. The summed E-state index contributed by atoms with van der Waals surface area (Å²) in [7, 11) is 0. The van der Waals surface area contributed by atoms with Crippen molar-refractivity contribution in [1.82, 2.24) is 5.32 Å². The van der Waals surface area contributed by atoms with Gasteiger partial charge in [-0.15, -0.1) is 0 Å². The monoisotopic (exact) mass is 305 g/mol. The molecule has 22 heavy (non-hydrogen) atoms. The van der Waals surface area contributed by atoms with E-state index in [1.807, 2.05) is 19.1 Å². The Hall–Kier alpha value is -1.75. The van der Waals surface area contributed by atoms with Crippen molar-refractivity contribution in [3.63, 3.8) is 0 Å². The summed E-state index contributed by atoms with van der Waals surface area (Å²) in [6, 6.07) is 7.76. The highest BCUT2D eigenvalue weighted by Crippen LogP contribution is 2.21. The Labute approximate surface area is 132 Å². The van der Waals surface area contributed by atoms with Crippen LogP contribution in [0.15, 0.2) is 24.3 Å². The summed E-state index contributed by atoms with van der Waals surface area (Å²) in [6.45, 7) is 4.64. The molecule has 2 amide bonds. The van der Waals surface area contributed by atoms with Gasteiger partial charge in [0.2, 0.25) is 0 Å². The fourth-order valence-electron chi connectivity index (χ4n) is 2.64. The molecule has 2 rings (SSSR count). The molecule has 0 saturated carbocycles. The molecule has 0 radical (unpaired) electrons. The number of nitrogens with zero attached hydrogens (tertiary/aromatic N) is 1. The van der Waals surface area contributed by atoms with E-state index < -0.39 is 0 Å². The van der Waals surface area contributed by atoms with Crippen LogP contribution in [0.3, 0.4) is 0 Å². The summed E-state index contributed by atoms with van der Waals surface area (Å²) >= 11 is 0. The SMILES string of the molecule is CCC(O)CCNC(=O)Nc1ccc(N2CCCCC2)cc1. The van der Waals surface area contributed by atoms with Gasteiger partial charge in [-0.25, -0.2) is 4.79 Å². The van der Waals surface area contributed by atoms with Gasteiger partial charge in [-0.05, 0) is 56.4 Å². The zero-order chi connectivity index (χ0) is 15.8. The maximum Gasteiger partial charge on any atom is 0.319 e. The van der Waals surface area contributed by atoms with Crippen LogP contribution in [0.5, 0.6) is 0 Å². The van der Waals surface area contributed by atoms with E-state index in [-0.39, 0.29) is 12.1 Å². The third-order valence-corrected chi connectivity index (χ3v) is 4.08. The molecule has 5 nitrogen and oxygen atoms in total. The molecule has 5 heteroatoms. The number of anilines is 2. The van der Waals surface area contributed by atoms with E-state index in [2.05, 4.69) is 27.7 Å². The molecule has 1 aliphatic heterocycles. The number of hydrogen-bond acceptors (Lipinski definition) is 3. The fourth-order valence-corrected chi connectivity index (χ4v) is 2.64. The van der Waals surface area contributed by atoms with Crippen LogP contribution in [-0.4, -0.2) is 36.9 Å². The summed E-state index contributed by atoms with van der Waals surface area (Å²) in [6.07, 6.45) is 4.78. The van der Waals surface area contributed by atoms with Crippen molar-refractivity contribution in [2.24, 2.45) is 0 Å². The highest BCUT2D eigenvalue weighted by molar-refractivity contribution is 5.89. The summed E-state index contributed by atoms with van der Waals surface area (Å²) in [4.78, 5) is 14.1. The van der Waals surface area contributed by atoms with Crippen molar-refractivity contribution in [2.75, 3.05) is 29.9 Å². The molecule has 0 bridgehead atoms. The maximum absolute atomic E-state index is 11.8. The zero-order valence-electron chi connectivity index (χ0n) is 13.3. The lowest BCUT2D eigenvalue weighted by atomic mass is 10.1. The highest BCUT2D eigenvalue weighted by atomic mass is 16.3. The van der Waals surface area contributed by atoms with Gasteiger partial charge in [0.1, 0.15) is 0 Å². The summed E-state index contributed by atoms with van der Waals surface area (Å²) < 4.78 is 0. The number of carbonyl (C=O) groups is 1. The number of piperidine rings is 1. The van der Waals surface area contributed by atoms with Crippen molar-refractivity contribution in [3.8, 4) is 0 Å². The predicted molar refractivity (Wildman–Crippen MR) is 90.4 cm³/mol. The lowest BCUT2D eigenvalue weighted by molar-refractivity contribution is 0.160. The Bertz CT molecular complexity index is 455. The van der Waals surface area contributed by atoms with Gasteiger partial charge < -0.3 is 20.6 Å². The maximum atomic E-state index is 11.8. The Morgan fingerprint density at radius 1 is 1.23 bits per heavy atom. The van der Waals surface area contributed by atoms with Gasteiger partial charge >= 0.3 is 6.03 Å². The van der Waals surface area contributed by atoms with Gasteiger partial charge in [-0.1, -0.05) is 6.92 Å². The quantitative estimate of drug-likeness (QED) is 0.757. The molecule has 1 aromatic rings. The molecule has 1 unspecified atom stereocenters. The van der Waals surface area contributed by atoms with E-state index in [4.69, 9.17) is 0 Å². The number of benzene rings is 1. The van der Waals surface area contributed by atoms with Crippen LogP contribution < -0.4 is 15.5 Å². The van der Waals surface area contributed by atoms with Gasteiger partial charge in [0.05, 0.1) is 6.10 Å². The van der Waals surface area contributed by atoms with Crippen LogP contribution in [-0.2, 0) is 0 Å². The Morgan fingerprint density at radius 3 is 2.55 bits per heavy atom. The first-order chi connectivity index (χ1) is 10.7. The Morgan fingerprint density at radius 2 is 1.91 bits per heavy atom. The number of nitrogens with one attached hydrogen (secondary N) is 2. The summed E-state index contributed by atoms with van der Waals surface area (Å²) in [5.41, 5.74) is 2.01. The third-order valence-electron chi connectivity index (χ3n) is 4.08. The standard InChI is InChI=1S/C17H27N3O2/c1-2-16(21)10-11-18-17(22)19-14-6-8-15(9-7-14)20-12-4-3-5-13-20/h6-9,16,21H,2-5,10-13H2,1H3,(H2,18,19,22). The normalized spacial score (nSPS) is 16.2. The van der Waals surface area contributed by atoms with Crippen LogP contribution in [0.4, 0.5) is 16.2 Å². The zero-order valence-corrected chi connectivity index (χ0v) is 13.3. The minimum Gasteiger partial charge on any atom is -0.393 e. The highest BCUT2D eigenvalue weighted by Gasteiger charge is 2.11. The second-order valence-electron chi connectivity index (χ2n) is 5.83. The lowest BCUT2D eigenvalue weighted by Crippen LogP contribution is -2.31. The van der Waals surface area contributed by atoms with Crippen molar-refractivity contribution < 1.29 is 9.90 Å².